The molecule has 3 nitrogen and oxygen atoms in total. The molecule has 0 saturated carbocycles. The highest BCUT2D eigenvalue weighted by Crippen LogP contribution is 2.15. The molecule has 14 heavy (non-hydrogen) atoms. The topological polar surface area (TPSA) is 30.5 Å². The van der Waals surface area contributed by atoms with Gasteiger partial charge in [-0.2, -0.15) is 0 Å². The molecule has 0 aromatic carbocycles. The number of nitrogens with one attached hydrogen (secondary N) is 1. The van der Waals surface area contributed by atoms with Crippen molar-refractivity contribution in [3.05, 3.63) is 0 Å². The average Bonchev–Trinajstić information content (AvgIpc) is 2.64. The fourth-order valence-electron chi connectivity index (χ4n) is 1.69. The Bertz CT molecular complexity index is 144. The van der Waals surface area contributed by atoms with Crippen molar-refractivity contribution in [3.63, 3.8) is 0 Å². The van der Waals surface area contributed by atoms with Crippen LogP contribution in [-0.4, -0.2) is 38.5 Å². The summed E-state index contributed by atoms with van der Waals surface area (Å²) in [6, 6.07) is 0.549. The van der Waals surface area contributed by atoms with Gasteiger partial charge in [-0.15, -0.1) is 0 Å². The lowest BCUT2D eigenvalue weighted by molar-refractivity contribution is 0.0780. The zero-order chi connectivity index (χ0) is 10.4. The number of hydrogen-bond acceptors (Lipinski definition) is 3. The first kappa shape index (κ1) is 12.0. The molecule has 0 aromatic rings. The van der Waals surface area contributed by atoms with Crippen LogP contribution in [0.15, 0.2) is 0 Å². The Kier molecular flexibility index (Phi) is 5.45. The standard InChI is InChI=1S/C11H23NO2/c1-9(2)14-7-5-12-10(3)11-4-6-13-8-11/h9-12H,4-8H2,1-3H3. The van der Waals surface area contributed by atoms with Crippen LogP contribution in [0.5, 0.6) is 0 Å². The molecule has 1 fully saturated rings. The molecular formula is C11H23NO2. The second-order valence-corrected chi connectivity index (χ2v) is 4.29. The van der Waals surface area contributed by atoms with Crippen molar-refractivity contribution in [3.8, 4) is 0 Å². The van der Waals surface area contributed by atoms with Gasteiger partial charge in [0.05, 0.1) is 19.3 Å². The quantitative estimate of drug-likeness (QED) is 0.659. The Balaban J connectivity index is 1.99. The minimum Gasteiger partial charge on any atom is -0.381 e. The van der Waals surface area contributed by atoms with Crippen molar-refractivity contribution in [1.82, 2.24) is 5.32 Å². The van der Waals surface area contributed by atoms with Gasteiger partial charge in [0.2, 0.25) is 0 Å². The van der Waals surface area contributed by atoms with E-state index < -0.39 is 0 Å². The molecule has 0 radical (unpaired) electrons. The van der Waals surface area contributed by atoms with Gasteiger partial charge in [-0.05, 0) is 33.1 Å². The zero-order valence-corrected chi connectivity index (χ0v) is 9.58. The second-order valence-electron chi connectivity index (χ2n) is 4.29. The molecule has 3 heteroatoms. The first-order valence-electron chi connectivity index (χ1n) is 5.63. The van der Waals surface area contributed by atoms with E-state index in [9.17, 15) is 0 Å². The van der Waals surface area contributed by atoms with E-state index >= 15 is 0 Å². The first-order chi connectivity index (χ1) is 6.70. The Morgan fingerprint density at radius 2 is 2.21 bits per heavy atom. The van der Waals surface area contributed by atoms with E-state index in [0.29, 0.717) is 18.1 Å². The minimum atomic E-state index is 0.335. The van der Waals surface area contributed by atoms with E-state index in [4.69, 9.17) is 9.47 Å². The Morgan fingerprint density at radius 1 is 1.43 bits per heavy atom. The molecule has 0 aromatic heterocycles. The maximum absolute atomic E-state index is 5.46. The summed E-state index contributed by atoms with van der Waals surface area (Å²) >= 11 is 0. The van der Waals surface area contributed by atoms with E-state index in [1.54, 1.807) is 0 Å². The molecular weight excluding hydrogens is 178 g/mol. The molecule has 0 spiro atoms. The molecule has 1 aliphatic heterocycles. The van der Waals surface area contributed by atoms with E-state index in [1.165, 1.54) is 6.42 Å². The molecule has 1 heterocycles. The van der Waals surface area contributed by atoms with E-state index in [2.05, 4.69) is 26.1 Å². The molecule has 84 valence electrons. The van der Waals surface area contributed by atoms with Crippen LogP contribution in [0.4, 0.5) is 0 Å². The van der Waals surface area contributed by atoms with Gasteiger partial charge in [0.15, 0.2) is 0 Å². The maximum Gasteiger partial charge on any atom is 0.0594 e. The van der Waals surface area contributed by atoms with Gasteiger partial charge in [0, 0.05) is 19.2 Å². The third kappa shape index (κ3) is 4.40. The van der Waals surface area contributed by atoms with Crippen LogP contribution in [0.1, 0.15) is 27.2 Å². The lowest BCUT2D eigenvalue weighted by Gasteiger charge is -2.19. The largest absolute Gasteiger partial charge is 0.381 e. The van der Waals surface area contributed by atoms with Gasteiger partial charge in [-0.1, -0.05) is 0 Å². The van der Waals surface area contributed by atoms with Crippen LogP contribution >= 0.6 is 0 Å². The fourth-order valence-corrected chi connectivity index (χ4v) is 1.69. The van der Waals surface area contributed by atoms with E-state index in [0.717, 1.165) is 26.4 Å². The van der Waals surface area contributed by atoms with Crippen LogP contribution < -0.4 is 5.32 Å². The van der Waals surface area contributed by atoms with E-state index in [-0.39, 0.29) is 0 Å². The summed E-state index contributed by atoms with van der Waals surface area (Å²) in [5, 5.41) is 3.47. The maximum atomic E-state index is 5.46. The highest BCUT2D eigenvalue weighted by molar-refractivity contribution is 4.75. The molecule has 2 atom stereocenters. The molecule has 1 N–H and O–H groups in total. The summed E-state index contributed by atoms with van der Waals surface area (Å²) in [5.41, 5.74) is 0. The molecule has 0 aliphatic carbocycles. The Morgan fingerprint density at radius 3 is 2.79 bits per heavy atom. The predicted molar refractivity (Wildman–Crippen MR) is 57.5 cm³/mol. The predicted octanol–water partition coefficient (Wildman–Crippen LogP) is 1.43. The molecule has 0 amide bonds. The zero-order valence-electron chi connectivity index (χ0n) is 9.58. The van der Waals surface area contributed by atoms with Crippen molar-refractivity contribution in [2.75, 3.05) is 26.4 Å². The first-order valence-corrected chi connectivity index (χ1v) is 5.63. The van der Waals surface area contributed by atoms with Crippen LogP contribution in [0.2, 0.25) is 0 Å². The molecule has 2 unspecified atom stereocenters. The molecule has 1 aliphatic rings. The van der Waals surface area contributed by atoms with E-state index in [1.807, 2.05) is 0 Å². The van der Waals surface area contributed by atoms with Gasteiger partial charge in [0.1, 0.15) is 0 Å². The van der Waals surface area contributed by atoms with Gasteiger partial charge in [-0.25, -0.2) is 0 Å². The number of hydrogen-bond donors (Lipinski definition) is 1. The van der Waals surface area contributed by atoms with Gasteiger partial charge < -0.3 is 14.8 Å². The van der Waals surface area contributed by atoms with Crippen molar-refractivity contribution < 1.29 is 9.47 Å². The van der Waals surface area contributed by atoms with Crippen LogP contribution in [0, 0.1) is 5.92 Å². The van der Waals surface area contributed by atoms with Crippen molar-refractivity contribution in [1.29, 1.82) is 0 Å². The lowest BCUT2D eigenvalue weighted by Crippen LogP contribution is -2.36. The third-order valence-electron chi connectivity index (χ3n) is 2.69. The highest BCUT2D eigenvalue weighted by atomic mass is 16.5. The normalized spacial score (nSPS) is 24.4. The van der Waals surface area contributed by atoms with Crippen molar-refractivity contribution in [2.45, 2.75) is 39.3 Å². The average molecular weight is 201 g/mol. The van der Waals surface area contributed by atoms with Crippen molar-refractivity contribution in [2.24, 2.45) is 5.92 Å². The molecule has 1 rings (SSSR count). The summed E-state index contributed by atoms with van der Waals surface area (Å²) < 4.78 is 10.8. The number of ether oxygens (including phenoxy) is 2. The minimum absolute atomic E-state index is 0.335. The lowest BCUT2D eigenvalue weighted by atomic mass is 10.0. The van der Waals surface area contributed by atoms with Crippen LogP contribution in [0.25, 0.3) is 0 Å². The van der Waals surface area contributed by atoms with Crippen molar-refractivity contribution >= 4 is 0 Å². The molecule has 1 saturated heterocycles. The second kappa shape index (κ2) is 6.38. The summed E-state index contributed by atoms with van der Waals surface area (Å²) in [5.74, 6) is 0.689. The van der Waals surface area contributed by atoms with Crippen LogP contribution in [0.3, 0.4) is 0 Å². The summed E-state index contributed by atoms with van der Waals surface area (Å²) in [7, 11) is 0. The Hall–Kier alpha value is -0.120. The van der Waals surface area contributed by atoms with Gasteiger partial charge in [-0.3, -0.25) is 0 Å². The summed E-state index contributed by atoms with van der Waals surface area (Å²) in [6.45, 7) is 9.95. The van der Waals surface area contributed by atoms with Crippen LogP contribution in [-0.2, 0) is 9.47 Å². The SMILES string of the molecule is CC(C)OCCNC(C)C1CCOC1. The summed E-state index contributed by atoms with van der Waals surface area (Å²) in [6.07, 6.45) is 1.53. The van der Waals surface area contributed by atoms with Gasteiger partial charge in [0.25, 0.3) is 0 Å². The fraction of sp³-hybridized carbons (Fsp3) is 1.00. The third-order valence-corrected chi connectivity index (χ3v) is 2.69. The Labute approximate surface area is 87.2 Å². The highest BCUT2D eigenvalue weighted by Gasteiger charge is 2.21. The number of rotatable bonds is 6. The van der Waals surface area contributed by atoms with Gasteiger partial charge >= 0.3 is 0 Å². The monoisotopic (exact) mass is 201 g/mol. The summed E-state index contributed by atoms with van der Waals surface area (Å²) in [4.78, 5) is 0. The molecule has 0 bridgehead atoms. The smallest absolute Gasteiger partial charge is 0.0594 e.